The molecule has 4 amide bonds. The molecule has 3 N–H and O–H groups in total. The molecule has 4 rings (SSSR count). The standard InChI is InChI=1S/C42H64N6O8S/c1-24-19-33(49)35(43-8)37-44-29(23-57-37)21-25(2)36(50)45-31(22-28-14-16-30(55-11)17-15-28)40(53)47(10)26(3)38(51)46(9)27(4)39(52)48-18-12-13-32(48)41(54)56-34(20-24)42(5,6)7/h14-17,21,24,26-27,29,31-35,43,49H,12-13,18-20,22-23H2,1-11H3,(H,45,50)/b25-21+/t24-,26-,27-,29-,31-,32-,33-,34-,35?/m0/s1. The van der Waals surface area contributed by atoms with E-state index in [0.29, 0.717) is 49.3 Å². The molecule has 1 saturated heterocycles. The van der Waals surface area contributed by atoms with Crippen molar-refractivity contribution in [2.45, 2.75) is 129 Å². The summed E-state index contributed by atoms with van der Waals surface area (Å²) in [6.45, 7) is 13.3. The summed E-state index contributed by atoms with van der Waals surface area (Å²) in [7, 11) is 6.36. The lowest BCUT2D eigenvalue weighted by Gasteiger charge is -2.36. The zero-order chi connectivity index (χ0) is 42.4. The average Bonchev–Trinajstić information content (AvgIpc) is 3.85. The van der Waals surface area contributed by atoms with Gasteiger partial charge < -0.3 is 39.9 Å². The highest BCUT2D eigenvalue weighted by molar-refractivity contribution is 8.14. The highest BCUT2D eigenvalue weighted by atomic mass is 32.2. The van der Waals surface area contributed by atoms with E-state index < -0.39 is 71.5 Å². The molecule has 1 unspecified atom stereocenters. The van der Waals surface area contributed by atoms with Crippen LogP contribution in [0.25, 0.3) is 0 Å². The summed E-state index contributed by atoms with van der Waals surface area (Å²) in [5.74, 6) is -1.10. The molecule has 57 heavy (non-hydrogen) atoms. The number of benzene rings is 1. The zero-order valence-electron chi connectivity index (χ0n) is 35.5. The van der Waals surface area contributed by atoms with Crippen LogP contribution < -0.4 is 15.4 Å². The van der Waals surface area contributed by atoms with Crippen molar-refractivity contribution in [2.75, 3.05) is 40.6 Å². The number of rotatable bonds is 4. The Morgan fingerprint density at radius 3 is 2.23 bits per heavy atom. The molecule has 3 heterocycles. The average molecular weight is 813 g/mol. The number of nitrogens with zero attached hydrogens (tertiary/aromatic N) is 4. The minimum absolute atomic E-state index is 0.0364. The van der Waals surface area contributed by atoms with Gasteiger partial charge in [0.2, 0.25) is 23.6 Å². The first-order chi connectivity index (χ1) is 26.8. The van der Waals surface area contributed by atoms with E-state index in [9.17, 15) is 29.1 Å². The number of aliphatic hydroxyl groups is 1. The third kappa shape index (κ3) is 11.4. The molecule has 3 aliphatic heterocycles. The first-order valence-electron chi connectivity index (χ1n) is 20.0. The Hall–Kier alpha value is -3.95. The second-order valence-electron chi connectivity index (χ2n) is 16.9. The van der Waals surface area contributed by atoms with Crippen LogP contribution in [-0.4, -0.2) is 143 Å². The van der Waals surface area contributed by atoms with Crippen LogP contribution in [-0.2, 0) is 35.1 Å². The summed E-state index contributed by atoms with van der Waals surface area (Å²) < 4.78 is 11.5. The number of fused-ring (bicyclic) bond motifs is 2. The van der Waals surface area contributed by atoms with Gasteiger partial charge in [0.1, 0.15) is 36.0 Å². The fourth-order valence-electron chi connectivity index (χ4n) is 7.55. The van der Waals surface area contributed by atoms with Crippen LogP contribution in [0.1, 0.15) is 79.7 Å². The molecule has 9 atom stereocenters. The number of methoxy groups -OCH3 is 1. The number of carbonyl (C=O) groups excluding carboxylic acids is 5. The van der Waals surface area contributed by atoms with Crippen molar-refractivity contribution in [2.24, 2.45) is 16.3 Å². The minimum atomic E-state index is -1.04. The highest BCUT2D eigenvalue weighted by Gasteiger charge is 2.42. The molecule has 1 aromatic carbocycles. The molecule has 0 saturated carbocycles. The van der Waals surface area contributed by atoms with Gasteiger partial charge in [-0.3, -0.25) is 24.2 Å². The molecule has 0 radical (unpaired) electrons. The van der Waals surface area contributed by atoms with E-state index in [2.05, 4.69) is 10.6 Å². The smallest absolute Gasteiger partial charge is 0.329 e. The second kappa shape index (κ2) is 19.7. The number of thioether (sulfide) groups is 1. The summed E-state index contributed by atoms with van der Waals surface area (Å²) in [4.78, 5) is 78.7. The monoisotopic (exact) mass is 812 g/mol. The quantitative estimate of drug-likeness (QED) is 0.384. The molecule has 3 aliphatic rings. The van der Waals surface area contributed by atoms with E-state index in [1.807, 2.05) is 39.8 Å². The Kier molecular flexibility index (Phi) is 15.8. The Bertz CT molecular complexity index is 1680. The van der Waals surface area contributed by atoms with Gasteiger partial charge in [0.15, 0.2) is 0 Å². The molecule has 0 aromatic heterocycles. The zero-order valence-corrected chi connectivity index (χ0v) is 36.4. The molecule has 1 fully saturated rings. The summed E-state index contributed by atoms with van der Waals surface area (Å²) in [6.07, 6.45) is 2.59. The summed E-state index contributed by atoms with van der Waals surface area (Å²) in [6, 6.07) is 2.62. The van der Waals surface area contributed by atoms with Crippen LogP contribution in [0.2, 0.25) is 0 Å². The summed E-state index contributed by atoms with van der Waals surface area (Å²) in [5, 5.41) is 18.3. The normalized spacial score (nSPS) is 31.8. The molecule has 316 valence electrons. The molecule has 0 spiro atoms. The lowest BCUT2D eigenvalue weighted by molar-refractivity contribution is -0.165. The Morgan fingerprint density at radius 2 is 1.61 bits per heavy atom. The number of hydrogen-bond acceptors (Lipinski definition) is 11. The van der Waals surface area contributed by atoms with Crippen molar-refractivity contribution in [1.82, 2.24) is 25.3 Å². The maximum Gasteiger partial charge on any atom is 0.329 e. The Morgan fingerprint density at radius 1 is 0.982 bits per heavy atom. The maximum atomic E-state index is 14.2. The third-order valence-corrected chi connectivity index (χ3v) is 12.7. The number of hydrogen-bond donors (Lipinski definition) is 3. The van der Waals surface area contributed by atoms with Crippen molar-refractivity contribution in [3.8, 4) is 5.75 Å². The van der Waals surface area contributed by atoms with Crippen molar-refractivity contribution < 1.29 is 38.6 Å². The predicted octanol–water partition coefficient (Wildman–Crippen LogP) is 3.20. The van der Waals surface area contributed by atoms with Gasteiger partial charge in [-0.15, -0.1) is 11.8 Å². The third-order valence-electron chi connectivity index (χ3n) is 11.5. The molecule has 1 aromatic rings. The number of carbonyl (C=O) groups is 5. The van der Waals surface area contributed by atoms with Crippen LogP contribution in [0.5, 0.6) is 5.75 Å². The molecule has 2 bridgehead atoms. The topological polar surface area (TPSA) is 170 Å². The number of nitrogens with one attached hydrogen (secondary N) is 2. The number of amides is 4. The first kappa shape index (κ1) is 45.7. The highest BCUT2D eigenvalue weighted by Crippen LogP contribution is 2.32. The van der Waals surface area contributed by atoms with Crippen molar-refractivity contribution in [3.05, 3.63) is 41.5 Å². The van der Waals surface area contributed by atoms with Gasteiger partial charge in [0.25, 0.3) is 0 Å². The van der Waals surface area contributed by atoms with E-state index in [4.69, 9.17) is 14.5 Å². The number of ether oxygens (including phenoxy) is 2. The number of aliphatic hydroxyl groups excluding tert-OH is 1. The van der Waals surface area contributed by atoms with E-state index in [1.54, 1.807) is 53.1 Å². The predicted molar refractivity (Wildman–Crippen MR) is 222 cm³/mol. The first-order valence-corrected chi connectivity index (χ1v) is 21.0. The van der Waals surface area contributed by atoms with E-state index in [-0.39, 0.29) is 24.3 Å². The van der Waals surface area contributed by atoms with Crippen molar-refractivity contribution in [1.29, 1.82) is 0 Å². The minimum Gasteiger partial charge on any atom is -0.497 e. The Labute approximate surface area is 342 Å². The number of esters is 1. The van der Waals surface area contributed by atoms with Gasteiger partial charge in [0, 0.05) is 38.4 Å². The molecular weight excluding hydrogens is 749 g/mol. The van der Waals surface area contributed by atoms with Gasteiger partial charge in [-0.2, -0.15) is 0 Å². The van der Waals surface area contributed by atoms with Gasteiger partial charge in [0.05, 0.1) is 30.3 Å². The van der Waals surface area contributed by atoms with Gasteiger partial charge in [-0.1, -0.05) is 45.9 Å². The lowest BCUT2D eigenvalue weighted by atomic mass is 9.82. The van der Waals surface area contributed by atoms with E-state index in [0.717, 1.165) is 10.6 Å². The van der Waals surface area contributed by atoms with Crippen LogP contribution in [0.15, 0.2) is 40.9 Å². The fraction of sp³-hybridized carbons (Fsp3) is 0.667. The van der Waals surface area contributed by atoms with Crippen LogP contribution in [0.3, 0.4) is 0 Å². The van der Waals surface area contributed by atoms with Gasteiger partial charge in [-0.05, 0) is 82.5 Å². The number of aliphatic imine (C=N–C) groups is 1. The van der Waals surface area contributed by atoms with Crippen LogP contribution in [0.4, 0.5) is 0 Å². The number of likely N-dealkylation sites (N-methyl/N-ethyl adjacent to an activating group) is 3. The van der Waals surface area contributed by atoms with E-state index in [1.165, 1.54) is 40.6 Å². The molecule has 14 nitrogen and oxygen atoms in total. The van der Waals surface area contributed by atoms with E-state index >= 15 is 0 Å². The largest absolute Gasteiger partial charge is 0.497 e. The fourth-order valence-corrected chi connectivity index (χ4v) is 8.73. The van der Waals surface area contributed by atoms with Gasteiger partial charge in [-0.25, -0.2) is 4.79 Å². The Balaban J connectivity index is 1.70. The SMILES string of the molecule is CNC1C2=N[C@@H](/C=C(\C)C(=O)N[C@@H](Cc3ccc(OC)cc3)C(=O)N(C)[C@@H](C)C(=O)N(C)[C@@H](C)C(=O)N3CCC[C@H]3C(=O)O[C@H](C(C)(C)C)C[C@@H](C)C[C@@H]1O)CS2. The summed E-state index contributed by atoms with van der Waals surface area (Å²) >= 11 is 1.52. The molecular formula is C42H64N6O8S. The molecule has 0 aliphatic carbocycles. The summed E-state index contributed by atoms with van der Waals surface area (Å²) in [5.41, 5.74) is 0.723. The van der Waals surface area contributed by atoms with Crippen molar-refractivity contribution in [3.63, 3.8) is 0 Å². The van der Waals surface area contributed by atoms with Crippen molar-refractivity contribution >= 4 is 46.4 Å². The van der Waals surface area contributed by atoms with Crippen LogP contribution in [0, 0.1) is 11.3 Å². The van der Waals surface area contributed by atoms with Crippen LogP contribution >= 0.6 is 11.8 Å². The molecule has 15 heteroatoms. The maximum absolute atomic E-state index is 14.2. The van der Waals surface area contributed by atoms with Gasteiger partial charge >= 0.3 is 5.97 Å². The lowest BCUT2D eigenvalue weighted by Crippen LogP contribution is -2.57. The number of cyclic esters (lactones) is 1. The second-order valence-corrected chi connectivity index (χ2v) is 18.0.